The van der Waals surface area contributed by atoms with E-state index >= 15 is 0 Å². The summed E-state index contributed by atoms with van der Waals surface area (Å²) in [6.45, 7) is 2.11. The molecule has 35 heavy (non-hydrogen) atoms. The molecule has 0 saturated heterocycles. The van der Waals surface area contributed by atoms with Crippen LogP contribution in [-0.4, -0.2) is 39.0 Å². The largest absolute Gasteiger partial charge is 0.484 e. The molecule has 0 aliphatic heterocycles. The molecule has 0 radical (unpaired) electrons. The number of ether oxygens (including phenoxy) is 2. The summed E-state index contributed by atoms with van der Waals surface area (Å²) in [6.07, 6.45) is 3.82. The van der Waals surface area contributed by atoms with Crippen molar-refractivity contribution in [2.75, 3.05) is 17.7 Å². The second kappa shape index (κ2) is 11.4. The molecular weight excluding hydrogens is 515 g/mol. The molecule has 0 unspecified atom stereocenters. The number of nitrogens with zero attached hydrogens (tertiary/aromatic N) is 3. The van der Waals surface area contributed by atoms with Gasteiger partial charge in [0.1, 0.15) is 23.2 Å². The van der Waals surface area contributed by atoms with E-state index in [-0.39, 0.29) is 29.9 Å². The molecule has 12 heteroatoms. The molecule has 2 heterocycles. The molecule has 8 nitrogen and oxygen atoms in total. The van der Waals surface area contributed by atoms with Crippen LogP contribution in [0.3, 0.4) is 0 Å². The van der Waals surface area contributed by atoms with E-state index in [0.29, 0.717) is 27.3 Å². The number of esters is 1. The van der Waals surface area contributed by atoms with Crippen molar-refractivity contribution in [3.8, 4) is 5.75 Å². The monoisotopic (exact) mass is 538 g/mol. The molecule has 0 fully saturated rings. The van der Waals surface area contributed by atoms with Crippen LogP contribution in [0.4, 0.5) is 9.39 Å². The smallest absolute Gasteiger partial charge is 0.341 e. The second-order valence-electron chi connectivity index (χ2n) is 7.79. The van der Waals surface area contributed by atoms with Crippen LogP contribution in [-0.2, 0) is 36.0 Å². The fourth-order valence-corrected chi connectivity index (χ4v) is 5.94. The first-order valence-corrected chi connectivity index (χ1v) is 13.3. The number of carbonyl (C=O) groups excluding carboxylic acids is 2. The molecule has 0 spiro atoms. The van der Waals surface area contributed by atoms with Gasteiger partial charge in [0.05, 0.1) is 22.9 Å². The highest BCUT2D eigenvalue weighted by Crippen LogP contribution is 2.38. The zero-order valence-electron chi connectivity index (χ0n) is 19.2. The molecule has 4 rings (SSSR count). The van der Waals surface area contributed by atoms with Crippen LogP contribution < -0.4 is 10.1 Å². The van der Waals surface area contributed by atoms with Gasteiger partial charge < -0.3 is 19.4 Å². The van der Waals surface area contributed by atoms with Gasteiger partial charge in [-0.05, 0) is 56.4 Å². The third-order valence-electron chi connectivity index (χ3n) is 5.41. The van der Waals surface area contributed by atoms with Gasteiger partial charge in [0.25, 0.3) is 0 Å². The highest BCUT2D eigenvalue weighted by molar-refractivity contribution is 7.99. The molecule has 0 bridgehead atoms. The summed E-state index contributed by atoms with van der Waals surface area (Å²) in [5, 5.41) is 12.3. The Balaban J connectivity index is 1.38. The number of rotatable bonds is 9. The van der Waals surface area contributed by atoms with Crippen molar-refractivity contribution in [1.82, 2.24) is 14.8 Å². The summed E-state index contributed by atoms with van der Waals surface area (Å²) in [6, 6.07) is 3.88. The van der Waals surface area contributed by atoms with Crippen molar-refractivity contribution < 1.29 is 23.5 Å². The number of fused-ring (bicyclic) bond motifs is 1. The summed E-state index contributed by atoms with van der Waals surface area (Å²) in [5.74, 6) is -0.159. The molecule has 0 atom stereocenters. The second-order valence-corrected chi connectivity index (χ2v) is 10.2. The molecule has 186 valence electrons. The minimum atomic E-state index is -0.449. The zero-order valence-corrected chi connectivity index (χ0v) is 21.6. The molecule has 1 aromatic carbocycles. The number of amides is 1. The van der Waals surface area contributed by atoms with Crippen molar-refractivity contribution in [1.29, 1.82) is 0 Å². The van der Waals surface area contributed by atoms with Crippen molar-refractivity contribution >= 4 is 51.6 Å². The predicted octanol–water partition coefficient (Wildman–Crippen LogP) is 5.03. The maximum Gasteiger partial charge on any atom is 0.341 e. The average molecular weight is 539 g/mol. The lowest BCUT2D eigenvalue weighted by atomic mass is 9.95. The molecule has 2 aromatic heterocycles. The average Bonchev–Trinajstić information content (AvgIpc) is 3.36. The van der Waals surface area contributed by atoms with Gasteiger partial charge in [-0.2, -0.15) is 0 Å². The highest BCUT2D eigenvalue weighted by atomic mass is 35.5. The van der Waals surface area contributed by atoms with Crippen molar-refractivity contribution in [2.45, 2.75) is 44.4 Å². The van der Waals surface area contributed by atoms with E-state index in [9.17, 15) is 14.0 Å². The fourth-order valence-electron chi connectivity index (χ4n) is 3.70. The first kappa shape index (κ1) is 25.5. The molecule has 1 aliphatic rings. The van der Waals surface area contributed by atoms with Gasteiger partial charge in [-0.25, -0.2) is 9.18 Å². The Morgan fingerprint density at radius 1 is 1.29 bits per heavy atom. The van der Waals surface area contributed by atoms with Gasteiger partial charge in [-0.1, -0.05) is 23.4 Å². The van der Waals surface area contributed by atoms with Crippen LogP contribution in [0.25, 0.3) is 0 Å². The van der Waals surface area contributed by atoms with Crippen molar-refractivity contribution in [3.05, 3.63) is 50.9 Å². The summed E-state index contributed by atoms with van der Waals surface area (Å²) >= 11 is 8.66. The van der Waals surface area contributed by atoms with E-state index < -0.39 is 11.8 Å². The fraction of sp³-hybridized carbons (Fsp3) is 0.391. The Bertz CT molecular complexity index is 1250. The van der Waals surface area contributed by atoms with E-state index in [4.69, 9.17) is 21.1 Å². The lowest BCUT2D eigenvalue weighted by molar-refractivity contribution is -0.113. The molecule has 1 aliphatic carbocycles. The normalized spacial score (nSPS) is 12.8. The number of carbonyl (C=O) groups is 2. The zero-order chi connectivity index (χ0) is 24.9. The number of hydrogen-bond acceptors (Lipinski definition) is 8. The summed E-state index contributed by atoms with van der Waals surface area (Å²) in [5.41, 5.74) is 1.49. The van der Waals surface area contributed by atoms with Gasteiger partial charge in [-0.3, -0.25) is 4.79 Å². The maximum atomic E-state index is 13.2. The number of anilines is 1. The third-order valence-corrected chi connectivity index (χ3v) is 7.93. The lowest BCUT2D eigenvalue weighted by Gasteiger charge is -2.12. The summed E-state index contributed by atoms with van der Waals surface area (Å²) in [7, 11) is 1.76. The summed E-state index contributed by atoms with van der Waals surface area (Å²) < 4.78 is 25.8. The Hall–Kier alpha value is -2.63. The van der Waals surface area contributed by atoms with E-state index in [1.165, 1.54) is 41.3 Å². The van der Waals surface area contributed by atoms with E-state index in [0.717, 1.165) is 36.1 Å². The third kappa shape index (κ3) is 5.96. The van der Waals surface area contributed by atoms with Crippen LogP contribution in [0.15, 0.2) is 23.4 Å². The van der Waals surface area contributed by atoms with Crippen LogP contribution >= 0.6 is 34.7 Å². The highest BCUT2D eigenvalue weighted by Gasteiger charge is 2.27. The van der Waals surface area contributed by atoms with Gasteiger partial charge >= 0.3 is 5.97 Å². The van der Waals surface area contributed by atoms with Crippen LogP contribution in [0.5, 0.6) is 5.75 Å². The van der Waals surface area contributed by atoms with E-state index in [1.54, 1.807) is 18.5 Å². The Kier molecular flexibility index (Phi) is 8.30. The number of thioether (sulfide) groups is 1. The van der Waals surface area contributed by atoms with Crippen molar-refractivity contribution in [2.24, 2.45) is 7.05 Å². The molecule has 1 N–H and O–H groups in total. The Morgan fingerprint density at radius 3 is 2.86 bits per heavy atom. The number of thiophene rings is 1. The van der Waals surface area contributed by atoms with E-state index in [1.807, 2.05) is 0 Å². The van der Waals surface area contributed by atoms with E-state index in [2.05, 4.69) is 15.5 Å². The SMILES string of the molecule is CCOC(=O)c1c(NC(=O)CSc2nnc(COc3ccc(F)cc3Cl)n2C)sc2c1CCCC2. The molecule has 1 amide bonds. The van der Waals surface area contributed by atoms with Crippen LogP contribution in [0.2, 0.25) is 5.02 Å². The number of halogens is 2. The van der Waals surface area contributed by atoms with Crippen LogP contribution in [0, 0.1) is 5.82 Å². The van der Waals surface area contributed by atoms with Crippen molar-refractivity contribution in [3.63, 3.8) is 0 Å². The number of benzene rings is 1. The molecular formula is C23H24ClFN4O4S2. The Labute approximate surface area is 215 Å². The first-order valence-electron chi connectivity index (χ1n) is 11.1. The van der Waals surface area contributed by atoms with Crippen LogP contribution in [0.1, 0.15) is 46.4 Å². The topological polar surface area (TPSA) is 95.3 Å². The number of hydrogen-bond donors (Lipinski definition) is 1. The first-order chi connectivity index (χ1) is 16.9. The number of aromatic nitrogens is 3. The van der Waals surface area contributed by atoms with Gasteiger partial charge in [0.2, 0.25) is 5.91 Å². The number of nitrogens with one attached hydrogen (secondary N) is 1. The molecule has 0 saturated carbocycles. The molecule has 3 aromatic rings. The van der Waals surface area contributed by atoms with Gasteiger partial charge in [-0.15, -0.1) is 21.5 Å². The standard InChI is InChI=1S/C23H24ClFN4O4S2/c1-3-32-22(31)20-14-6-4-5-7-17(14)35-21(20)26-19(30)12-34-23-28-27-18(29(23)2)11-33-16-9-8-13(25)10-15(16)24/h8-10H,3-7,11-12H2,1-2H3,(H,26,30). The quantitative estimate of drug-likeness (QED) is 0.301. The number of aryl methyl sites for hydroxylation is 1. The maximum absolute atomic E-state index is 13.2. The lowest BCUT2D eigenvalue weighted by Crippen LogP contribution is -2.17. The minimum Gasteiger partial charge on any atom is -0.484 e. The summed E-state index contributed by atoms with van der Waals surface area (Å²) in [4.78, 5) is 26.4. The van der Waals surface area contributed by atoms with Gasteiger partial charge in [0.15, 0.2) is 11.0 Å². The minimum absolute atomic E-state index is 0.0747. The Morgan fingerprint density at radius 2 is 2.09 bits per heavy atom. The van der Waals surface area contributed by atoms with Gasteiger partial charge in [0, 0.05) is 11.9 Å². The predicted molar refractivity (Wildman–Crippen MR) is 133 cm³/mol.